The Bertz CT molecular complexity index is 2590. The molecule has 1 unspecified atom stereocenters. The van der Waals surface area contributed by atoms with Crippen LogP contribution in [0.1, 0.15) is 97.2 Å². The molecule has 344 valence electrons. The van der Waals surface area contributed by atoms with E-state index in [1.165, 1.54) is 23.1 Å². The highest BCUT2D eigenvalue weighted by Gasteiger charge is 2.41. The zero-order chi connectivity index (χ0) is 45.6. The van der Waals surface area contributed by atoms with Crippen molar-refractivity contribution < 1.29 is 32.3 Å². The van der Waals surface area contributed by atoms with E-state index in [0.29, 0.717) is 84.3 Å². The smallest absolute Gasteiger partial charge is 0.276 e. The fourth-order valence-electron chi connectivity index (χ4n) is 10.1. The number of hydrogen-bond acceptors (Lipinski definition) is 11. The minimum Gasteiger partial charge on any atom is -0.376 e. The molecule has 65 heavy (non-hydrogen) atoms. The van der Waals surface area contributed by atoms with Crippen LogP contribution in [0.2, 0.25) is 0 Å². The molecule has 2 aromatic heterocycles. The number of nitrogens with zero attached hydrogens (tertiary/aromatic N) is 7. The first-order valence-corrected chi connectivity index (χ1v) is 22.9. The number of nitrogens with one attached hydrogen (secondary N) is 3. The maximum absolute atomic E-state index is 16.1. The summed E-state index contributed by atoms with van der Waals surface area (Å²) in [6.45, 7) is 7.74. The van der Waals surface area contributed by atoms with Crippen LogP contribution < -0.4 is 26.4 Å². The lowest BCUT2D eigenvalue weighted by Crippen LogP contribution is -2.52. The number of imide groups is 1. The van der Waals surface area contributed by atoms with Gasteiger partial charge in [-0.1, -0.05) is 37.1 Å². The van der Waals surface area contributed by atoms with E-state index in [0.717, 1.165) is 45.3 Å². The maximum Gasteiger partial charge on any atom is 0.276 e. The van der Waals surface area contributed by atoms with Crippen molar-refractivity contribution in [3.05, 3.63) is 86.7 Å². The summed E-state index contributed by atoms with van der Waals surface area (Å²) in [5.41, 5.74) is 1.81. The molecule has 15 nitrogen and oxygen atoms in total. The zero-order valence-corrected chi connectivity index (χ0v) is 36.8. The van der Waals surface area contributed by atoms with Gasteiger partial charge in [0, 0.05) is 87.6 Å². The van der Waals surface area contributed by atoms with E-state index in [9.17, 15) is 24.0 Å². The van der Waals surface area contributed by atoms with Crippen LogP contribution in [0.15, 0.2) is 47.3 Å². The number of hydrogen-bond donors (Lipinski definition) is 3. The van der Waals surface area contributed by atoms with Crippen LogP contribution in [-0.2, 0) is 33.4 Å². The largest absolute Gasteiger partial charge is 0.376 e. The number of piperidine rings is 1. The molecule has 8 bridgehead atoms. The number of halogens is 3. The fourth-order valence-corrected chi connectivity index (χ4v) is 10.1. The van der Waals surface area contributed by atoms with Gasteiger partial charge in [0.1, 0.15) is 34.8 Å². The van der Waals surface area contributed by atoms with Gasteiger partial charge in [-0.3, -0.25) is 33.9 Å². The molecule has 8 heterocycles. The van der Waals surface area contributed by atoms with Crippen LogP contribution in [0.5, 0.6) is 0 Å². The maximum atomic E-state index is 16.1. The number of amides is 4. The summed E-state index contributed by atoms with van der Waals surface area (Å²) in [4.78, 5) is 82.7. The molecular formula is C47H55F3N10O5. The van der Waals surface area contributed by atoms with Crippen molar-refractivity contribution in [1.29, 1.82) is 0 Å². The lowest BCUT2D eigenvalue weighted by atomic mass is 9.90. The van der Waals surface area contributed by atoms with Crippen LogP contribution >= 0.6 is 0 Å². The molecule has 3 N–H and O–H groups in total. The van der Waals surface area contributed by atoms with Gasteiger partial charge in [0.05, 0.1) is 23.5 Å². The van der Waals surface area contributed by atoms with Crippen molar-refractivity contribution in [3.8, 4) is 0 Å². The van der Waals surface area contributed by atoms with Crippen molar-refractivity contribution in [2.75, 3.05) is 67.9 Å². The predicted molar refractivity (Wildman–Crippen MR) is 238 cm³/mol. The van der Waals surface area contributed by atoms with Gasteiger partial charge in [-0.2, -0.15) is 0 Å². The lowest BCUT2D eigenvalue weighted by Gasteiger charge is -2.40. The SMILES string of the molecule is Cc1nc2c3cc(N4CCN(C(=O)CNc5cccc6c5CN(C5CCC(=O)NC5=O)C6=O)CC4)c(=O)n(c3n1)CCCCCCN1CC(CCC(F)(F)c3cccc(c3F)[C@@H](C)N2)C1. The average Bonchev–Trinajstić information content (AvgIpc) is 3.60. The van der Waals surface area contributed by atoms with E-state index in [4.69, 9.17) is 9.97 Å². The number of rotatable bonds is 5. The highest BCUT2D eigenvalue weighted by Crippen LogP contribution is 2.40. The Labute approximate surface area is 374 Å². The summed E-state index contributed by atoms with van der Waals surface area (Å²) in [5.74, 6) is -4.71. The van der Waals surface area contributed by atoms with Gasteiger partial charge in [-0.15, -0.1) is 0 Å². The Morgan fingerprint density at radius 1 is 0.923 bits per heavy atom. The monoisotopic (exact) mass is 896 g/mol. The number of benzene rings is 2. The highest BCUT2D eigenvalue weighted by molar-refractivity contribution is 6.06. The minimum absolute atomic E-state index is 0.0462. The van der Waals surface area contributed by atoms with Gasteiger partial charge in [0.15, 0.2) is 0 Å². The van der Waals surface area contributed by atoms with Crippen LogP contribution in [0.4, 0.5) is 30.4 Å². The number of fused-ring (bicyclic) bond motifs is 9. The van der Waals surface area contributed by atoms with E-state index in [1.54, 1.807) is 47.6 Å². The predicted octanol–water partition coefficient (Wildman–Crippen LogP) is 5.31. The molecule has 3 fully saturated rings. The third-order valence-corrected chi connectivity index (χ3v) is 13.8. The molecule has 10 rings (SSSR count). The number of carbonyl (C=O) groups is 4. The molecule has 2 aromatic carbocycles. The Balaban J connectivity index is 0.932. The van der Waals surface area contributed by atoms with E-state index in [-0.39, 0.29) is 60.7 Å². The molecule has 6 aliphatic heterocycles. The van der Waals surface area contributed by atoms with Gasteiger partial charge in [-0.25, -0.2) is 23.1 Å². The molecule has 3 saturated heterocycles. The third-order valence-electron chi connectivity index (χ3n) is 13.8. The molecule has 4 amide bonds. The minimum atomic E-state index is -3.33. The summed E-state index contributed by atoms with van der Waals surface area (Å²) >= 11 is 0. The second kappa shape index (κ2) is 18.1. The van der Waals surface area contributed by atoms with Crippen LogP contribution in [-0.4, -0.2) is 111 Å². The van der Waals surface area contributed by atoms with Crippen molar-refractivity contribution in [2.24, 2.45) is 5.92 Å². The third kappa shape index (κ3) is 8.88. The number of pyridine rings is 1. The van der Waals surface area contributed by atoms with Gasteiger partial charge in [0.2, 0.25) is 17.7 Å². The topological polar surface area (TPSA) is 165 Å². The summed E-state index contributed by atoms with van der Waals surface area (Å²) < 4.78 is 49.1. The molecular weight excluding hydrogens is 842 g/mol. The molecule has 6 aliphatic rings. The van der Waals surface area contributed by atoms with Crippen molar-refractivity contribution >= 4 is 51.9 Å². The van der Waals surface area contributed by atoms with Crippen molar-refractivity contribution in [3.63, 3.8) is 0 Å². The standard InChI is InChI=1S/C47H55F3N10O5/c1-28-31-9-7-11-35(41(31)48)47(49,50)16-15-30-25-56(26-30)17-5-3-4-6-18-59-43-33(42(52-28)53-29(2)54-43)23-38(46(59)65)57-19-21-58(22-20-57)40(62)24-51-36-12-8-10-32-34(36)27-60(45(32)64)37-13-14-39(61)55-44(37)63/h7-12,23,28,30,37,51H,3-6,13-22,24-27H2,1-2H3,(H,52,53,54)(H,55,61,63)/t28-,37?/m1/s1. The molecule has 0 spiro atoms. The first-order chi connectivity index (χ1) is 31.3. The Morgan fingerprint density at radius 3 is 2.45 bits per heavy atom. The van der Waals surface area contributed by atoms with Crippen LogP contribution in [0, 0.1) is 18.7 Å². The number of anilines is 3. The number of alkyl halides is 2. The second-order valence-corrected chi connectivity index (χ2v) is 18.2. The van der Waals surface area contributed by atoms with E-state index in [2.05, 4.69) is 20.9 Å². The first kappa shape index (κ1) is 44.2. The number of piperazine rings is 1. The fraction of sp³-hybridized carbons (Fsp3) is 0.511. The lowest BCUT2D eigenvalue weighted by molar-refractivity contribution is -0.137. The number of aromatic nitrogens is 3. The zero-order valence-electron chi connectivity index (χ0n) is 36.8. The van der Waals surface area contributed by atoms with Gasteiger partial charge in [-0.05, 0) is 70.2 Å². The van der Waals surface area contributed by atoms with Crippen molar-refractivity contribution in [2.45, 2.75) is 96.3 Å². The van der Waals surface area contributed by atoms with Crippen LogP contribution in [0.25, 0.3) is 11.0 Å². The summed E-state index contributed by atoms with van der Waals surface area (Å²) in [5, 5.41) is 9.35. The number of aryl methyl sites for hydroxylation is 2. The van der Waals surface area contributed by atoms with E-state index >= 15 is 13.2 Å². The molecule has 0 radical (unpaired) electrons. The first-order valence-electron chi connectivity index (χ1n) is 22.9. The van der Waals surface area contributed by atoms with E-state index < -0.39 is 41.7 Å². The summed E-state index contributed by atoms with van der Waals surface area (Å²) in [6, 6.07) is 9.56. The highest BCUT2D eigenvalue weighted by atomic mass is 19.3. The second-order valence-electron chi connectivity index (χ2n) is 18.2. The quantitative estimate of drug-likeness (QED) is 0.223. The Morgan fingerprint density at radius 2 is 1.68 bits per heavy atom. The molecule has 4 aromatic rings. The van der Waals surface area contributed by atoms with Crippen LogP contribution in [0.3, 0.4) is 0 Å². The number of carbonyl (C=O) groups excluding carboxylic acids is 4. The average molecular weight is 897 g/mol. The molecule has 0 aliphatic carbocycles. The molecule has 2 atom stereocenters. The van der Waals surface area contributed by atoms with E-state index in [1.807, 2.05) is 4.90 Å². The molecule has 0 saturated carbocycles. The normalized spacial score (nSPS) is 23.9. The van der Waals surface area contributed by atoms with Crippen molar-refractivity contribution in [1.82, 2.24) is 34.6 Å². The van der Waals surface area contributed by atoms with Gasteiger partial charge >= 0.3 is 0 Å². The summed E-state index contributed by atoms with van der Waals surface area (Å²) in [7, 11) is 0. The molecule has 18 heteroatoms. The van der Waals surface area contributed by atoms with Gasteiger partial charge < -0.3 is 30.2 Å². The Hall–Kier alpha value is -6.04. The summed E-state index contributed by atoms with van der Waals surface area (Å²) in [6.07, 6.45) is 3.83. The van der Waals surface area contributed by atoms with Gasteiger partial charge in [0.25, 0.3) is 17.4 Å². The Kier molecular flexibility index (Phi) is 12.3.